The van der Waals surface area contributed by atoms with Gasteiger partial charge in [-0.1, -0.05) is 48.4 Å². The lowest BCUT2D eigenvalue weighted by Crippen LogP contribution is -2.29. The molecule has 0 heterocycles. The second-order valence-corrected chi connectivity index (χ2v) is 11.1. The van der Waals surface area contributed by atoms with E-state index in [4.69, 9.17) is 0 Å². The first kappa shape index (κ1) is 26.2. The van der Waals surface area contributed by atoms with E-state index in [2.05, 4.69) is 23.5 Å². The van der Waals surface area contributed by atoms with Crippen molar-refractivity contribution < 1.29 is 18.0 Å². The SMILES string of the molecule is CCS(=O)(=O)c1ccc(CC(=O)Nc2ccc(C(=O)N(C)[C@H](C)c3cc(C)cc(C)c3)cc2)cc1. The molecule has 35 heavy (non-hydrogen) atoms. The van der Waals surface area contributed by atoms with Crippen LogP contribution < -0.4 is 5.32 Å². The predicted octanol–water partition coefficient (Wildman–Crippen LogP) is 5.11. The third kappa shape index (κ3) is 6.57. The molecule has 0 aliphatic carbocycles. The van der Waals surface area contributed by atoms with Gasteiger partial charge in [-0.2, -0.15) is 0 Å². The standard InChI is InChI=1S/C28H32N2O4S/c1-6-35(33,34)26-13-7-22(8-14-26)18-27(31)29-25-11-9-23(10-12-25)28(32)30(5)21(4)24-16-19(2)15-20(3)17-24/h7-17,21H,6,18H2,1-5H3,(H,29,31)/t21-/m1/s1. The fourth-order valence-corrected chi connectivity index (χ4v) is 4.81. The number of sulfone groups is 1. The van der Waals surface area contributed by atoms with Crippen molar-refractivity contribution in [1.82, 2.24) is 4.90 Å². The summed E-state index contributed by atoms with van der Waals surface area (Å²) in [6.45, 7) is 7.69. The van der Waals surface area contributed by atoms with Gasteiger partial charge in [0.1, 0.15) is 0 Å². The van der Waals surface area contributed by atoms with Crippen molar-refractivity contribution in [2.24, 2.45) is 0 Å². The molecule has 0 spiro atoms. The Labute approximate surface area is 207 Å². The smallest absolute Gasteiger partial charge is 0.254 e. The van der Waals surface area contributed by atoms with E-state index in [1.54, 1.807) is 55.3 Å². The number of benzene rings is 3. The van der Waals surface area contributed by atoms with E-state index >= 15 is 0 Å². The number of hydrogen-bond donors (Lipinski definition) is 1. The molecule has 0 saturated heterocycles. The minimum atomic E-state index is -3.27. The molecule has 0 bridgehead atoms. The third-order valence-corrected chi connectivity index (χ3v) is 7.82. The highest BCUT2D eigenvalue weighted by molar-refractivity contribution is 7.91. The maximum Gasteiger partial charge on any atom is 0.254 e. The summed E-state index contributed by atoms with van der Waals surface area (Å²) < 4.78 is 23.8. The first-order valence-corrected chi connectivity index (χ1v) is 13.2. The van der Waals surface area contributed by atoms with Gasteiger partial charge in [0.25, 0.3) is 5.91 Å². The Bertz CT molecular complexity index is 1290. The molecule has 0 fully saturated rings. The normalized spacial score (nSPS) is 12.1. The zero-order chi connectivity index (χ0) is 25.8. The lowest BCUT2D eigenvalue weighted by atomic mass is 10.0. The Hall–Kier alpha value is -3.45. The van der Waals surface area contributed by atoms with Crippen molar-refractivity contribution in [2.75, 3.05) is 18.1 Å². The Balaban J connectivity index is 1.62. The van der Waals surface area contributed by atoms with E-state index < -0.39 is 9.84 Å². The summed E-state index contributed by atoms with van der Waals surface area (Å²) in [6.07, 6.45) is 0.114. The van der Waals surface area contributed by atoms with Gasteiger partial charge in [0.05, 0.1) is 23.1 Å². The van der Waals surface area contributed by atoms with Gasteiger partial charge in [0.15, 0.2) is 9.84 Å². The molecule has 0 radical (unpaired) electrons. The number of amides is 2. The molecular formula is C28H32N2O4S. The molecule has 2 amide bonds. The van der Waals surface area contributed by atoms with Gasteiger partial charge in [-0.3, -0.25) is 9.59 Å². The highest BCUT2D eigenvalue weighted by atomic mass is 32.2. The van der Waals surface area contributed by atoms with Crippen LogP contribution in [-0.4, -0.2) is 37.9 Å². The number of hydrogen-bond acceptors (Lipinski definition) is 4. The van der Waals surface area contributed by atoms with Crippen LogP contribution in [0.25, 0.3) is 0 Å². The van der Waals surface area contributed by atoms with Crippen molar-refractivity contribution in [1.29, 1.82) is 0 Å². The maximum absolute atomic E-state index is 13.0. The maximum atomic E-state index is 13.0. The van der Waals surface area contributed by atoms with Crippen molar-refractivity contribution in [3.63, 3.8) is 0 Å². The van der Waals surface area contributed by atoms with E-state index in [1.807, 2.05) is 20.8 Å². The summed E-state index contributed by atoms with van der Waals surface area (Å²) in [5, 5.41) is 2.82. The zero-order valence-corrected chi connectivity index (χ0v) is 21.6. The third-order valence-electron chi connectivity index (χ3n) is 6.07. The Morgan fingerprint density at radius 3 is 2.03 bits per heavy atom. The highest BCUT2D eigenvalue weighted by Crippen LogP contribution is 2.23. The van der Waals surface area contributed by atoms with Gasteiger partial charge in [0, 0.05) is 18.3 Å². The minimum Gasteiger partial charge on any atom is -0.335 e. The molecule has 1 atom stereocenters. The fourth-order valence-electron chi connectivity index (χ4n) is 3.92. The monoisotopic (exact) mass is 492 g/mol. The highest BCUT2D eigenvalue weighted by Gasteiger charge is 2.19. The van der Waals surface area contributed by atoms with Gasteiger partial charge in [-0.05, 0) is 68.3 Å². The average Bonchev–Trinajstić information content (AvgIpc) is 2.82. The number of rotatable bonds is 8. The van der Waals surface area contributed by atoms with Crippen LogP contribution in [-0.2, 0) is 21.1 Å². The molecule has 184 valence electrons. The lowest BCUT2D eigenvalue weighted by molar-refractivity contribution is -0.115. The van der Waals surface area contributed by atoms with E-state index in [0.717, 1.165) is 16.7 Å². The van der Waals surface area contributed by atoms with Crippen LogP contribution in [0.2, 0.25) is 0 Å². The van der Waals surface area contributed by atoms with Crippen LogP contribution in [0.5, 0.6) is 0 Å². The molecule has 0 aliphatic heterocycles. The predicted molar refractivity (Wildman–Crippen MR) is 139 cm³/mol. The molecule has 0 aromatic heterocycles. The zero-order valence-electron chi connectivity index (χ0n) is 20.8. The Morgan fingerprint density at radius 1 is 0.914 bits per heavy atom. The van der Waals surface area contributed by atoms with Crippen LogP contribution in [0.4, 0.5) is 5.69 Å². The molecule has 0 aliphatic rings. The number of nitrogens with one attached hydrogen (secondary N) is 1. The Morgan fingerprint density at radius 2 is 1.49 bits per heavy atom. The van der Waals surface area contributed by atoms with Crippen LogP contribution in [0.3, 0.4) is 0 Å². The summed E-state index contributed by atoms with van der Waals surface area (Å²) in [7, 11) is -1.48. The number of carbonyl (C=O) groups is 2. The van der Waals surface area contributed by atoms with Crippen molar-refractivity contribution in [3.8, 4) is 0 Å². The van der Waals surface area contributed by atoms with Gasteiger partial charge < -0.3 is 10.2 Å². The first-order valence-electron chi connectivity index (χ1n) is 11.6. The molecule has 1 N–H and O–H groups in total. The van der Waals surface area contributed by atoms with E-state index in [1.165, 1.54) is 12.1 Å². The van der Waals surface area contributed by atoms with Gasteiger partial charge >= 0.3 is 0 Å². The van der Waals surface area contributed by atoms with Crippen LogP contribution in [0.1, 0.15) is 52.5 Å². The second kappa shape index (κ2) is 10.9. The second-order valence-electron chi connectivity index (χ2n) is 8.86. The molecule has 0 unspecified atom stereocenters. The minimum absolute atomic E-state index is 0.0334. The van der Waals surface area contributed by atoms with Gasteiger partial charge in [-0.25, -0.2) is 8.42 Å². The molecule has 3 aromatic carbocycles. The van der Waals surface area contributed by atoms with Crippen LogP contribution >= 0.6 is 0 Å². The van der Waals surface area contributed by atoms with Gasteiger partial charge in [-0.15, -0.1) is 0 Å². The molecule has 3 aromatic rings. The molecule has 3 rings (SSSR count). The quantitative estimate of drug-likeness (QED) is 0.474. The molecule has 7 heteroatoms. The van der Waals surface area contributed by atoms with Crippen LogP contribution in [0, 0.1) is 13.8 Å². The summed E-state index contributed by atoms with van der Waals surface area (Å²) in [5.74, 6) is -0.293. The Kier molecular flexibility index (Phi) is 8.12. The van der Waals surface area contributed by atoms with E-state index in [9.17, 15) is 18.0 Å². The lowest BCUT2D eigenvalue weighted by Gasteiger charge is -2.26. The van der Waals surface area contributed by atoms with Crippen molar-refractivity contribution in [3.05, 3.63) is 94.5 Å². The summed E-state index contributed by atoms with van der Waals surface area (Å²) in [6, 6.07) is 19.4. The first-order chi connectivity index (χ1) is 16.5. The number of aryl methyl sites for hydroxylation is 2. The molecular weight excluding hydrogens is 460 g/mol. The summed E-state index contributed by atoms with van der Waals surface area (Å²) in [4.78, 5) is 27.4. The average molecular weight is 493 g/mol. The van der Waals surface area contributed by atoms with Crippen molar-refractivity contribution >= 4 is 27.3 Å². The fraction of sp³-hybridized carbons (Fsp3) is 0.286. The van der Waals surface area contributed by atoms with Crippen molar-refractivity contribution in [2.45, 2.75) is 45.1 Å². The van der Waals surface area contributed by atoms with Gasteiger partial charge in [0.2, 0.25) is 5.91 Å². The number of anilines is 1. The number of carbonyl (C=O) groups excluding carboxylic acids is 2. The summed E-state index contributed by atoms with van der Waals surface area (Å²) in [5.41, 5.74) is 5.24. The van der Waals surface area contributed by atoms with E-state index in [0.29, 0.717) is 16.8 Å². The topological polar surface area (TPSA) is 83.5 Å². The largest absolute Gasteiger partial charge is 0.335 e. The van der Waals surface area contributed by atoms with Crippen LogP contribution in [0.15, 0.2) is 71.6 Å². The molecule has 0 saturated carbocycles. The summed E-state index contributed by atoms with van der Waals surface area (Å²) >= 11 is 0. The molecule has 6 nitrogen and oxygen atoms in total. The van der Waals surface area contributed by atoms with E-state index in [-0.39, 0.29) is 34.9 Å². The number of nitrogens with zero attached hydrogens (tertiary/aromatic N) is 1.